The SMILES string of the molecule is O=C(O)c1ccc(C(F)(F)F)cc1-c1ccccc1Cl. The summed E-state index contributed by atoms with van der Waals surface area (Å²) in [7, 11) is 0. The Hall–Kier alpha value is -2.01. The molecule has 0 unspecified atom stereocenters. The molecule has 104 valence electrons. The average molecular weight is 301 g/mol. The van der Waals surface area contributed by atoms with E-state index in [1.54, 1.807) is 12.1 Å². The number of hydrogen-bond donors (Lipinski definition) is 1. The quantitative estimate of drug-likeness (QED) is 0.871. The summed E-state index contributed by atoms with van der Waals surface area (Å²) in [5.74, 6) is -1.31. The molecule has 2 aromatic rings. The van der Waals surface area contributed by atoms with Crippen LogP contribution in [-0.4, -0.2) is 11.1 Å². The number of hydrogen-bond acceptors (Lipinski definition) is 1. The van der Waals surface area contributed by atoms with Gasteiger partial charge in [0, 0.05) is 10.6 Å². The summed E-state index contributed by atoms with van der Waals surface area (Å²) in [6, 6.07) is 8.62. The minimum absolute atomic E-state index is 0.0575. The highest BCUT2D eigenvalue weighted by Gasteiger charge is 2.31. The Kier molecular flexibility index (Phi) is 3.72. The first kappa shape index (κ1) is 14.4. The lowest BCUT2D eigenvalue weighted by Gasteiger charge is -2.12. The standard InChI is InChI=1S/C14H8ClF3O2/c15-12-4-2-1-3-9(12)11-7-8(14(16,17)18)5-6-10(11)13(19)20/h1-7H,(H,19,20). The van der Waals surface area contributed by atoms with Gasteiger partial charge in [-0.3, -0.25) is 0 Å². The third kappa shape index (κ3) is 2.77. The Morgan fingerprint density at radius 3 is 2.25 bits per heavy atom. The maximum atomic E-state index is 12.7. The van der Waals surface area contributed by atoms with Gasteiger partial charge in [0.2, 0.25) is 0 Å². The molecule has 1 N–H and O–H groups in total. The Balaban J connectivity index is 2.71. The van der Waals surface area contributed by atoms with Crippen LogP contribution in [0.1, 0.15) is 15.9 Å². The van der Waals surface area contributed by atoms with E-state index in [1.165, 1.54) is 12.1 Å². The maximum Gasteiger partial charge on any atom is 0.416 e. The van der Waals surface area contributed by atoms with Gasteiger partial charge in [-0.2, -0.15) is 13.2 Å². The number of carboxylic acid groups (broad SMARTS) is 1. The highest BCUT2D eigenvalue weighted by molar-refractivity contribution is 6.33. The zero-order valence-electron chi connectivity index (χ0n) is 9.91. The second-order valence-electron chi connectivity index (χ2n) is 4.04. The first-order chi connectivity index (χ1) is 9.30. The molecular formula is C14H8ClF3O2. The molecule has 0 heterocycles. The minimum Gasteiger partial charge on any atom is -0.478 e. The lowest BCUT2D eigenvalue weighted by molar-refractivity contribution is -0.137. The molecule has 2 aromatic carbocycles. The van der Waals surface area contributed by atoms with E-state index in [-0.39, 0.29) is 21.7 Å². The number of halogens is 4. The van der Waals surface area contributed by atoms with Crippen molar-refractivity contribution < 1.29 is 23.1 Å². The molecule has 0 fully saturated rings. The van der Waals surface area contributed by atoms with Crippen LogP contribution in [0.3, 0.4) is 0 Å². The molecule has 6 heteroatoms. The van der Waals surface area contributed by atoms with E-state index in [2.05, 4.69) is 0 Å². The molecule has 0 aliphatic heterocycles. The lowest BCUT2D eigenvalue weighted by atomic mass is 9.97. The molecule has 2 rings (SSSR count). The van der Waals surface area contributed by atoms with Crippen molar-refractivity contribution in [2.24, 2.45) is 0 Å². The van der Waals surface area contributed by atoms with E-state index in [4.69, 9.17) is 16.7 Å². The number of aromatic carboxylic acids is 1. The maximum absolute atomic E-state index is 12.7. The van der Waals surface area contributed by atoms with Crippen LogP contribution in [0.5, 0.6) is 0 Å². The third-order valence-electron chi connectivity index (χ3n) is 2.74. The normalized spacial score (nSPS) is 11.4. The molecule has 0 aliphatic carbocycles. The summed E-state index contributed by atoms with van der Waals surface area (Å²) in [4.78, 5) is 11.1. The number of rotatable bonds is 2. The molecule has 0 atom stereocenters. The van der Waals surface area contributed by atoms with E-state index in [0.29, 0.717) is 0 Å². The van der Waals surface area contributed by atoms with Crippen LogP contribution in [0.25, 0.3) is 11.1 Å². The van der Waals surface area contributed by atoms with Gasteiger partial charge < -0.3 is 5.11 Å². The van der Waals surface area contributed by atoms with Gasteiger partial charge in [0.1, 0.15) is 0 Å². The Labute approximate surface area is 117 Å². The van der Waals surface area contributed by atoms with Crippen molar-refractivity contribution in [1.29, 1.82) is 0 Å². The Bertz CT molecular complexity index is 666. The summed E-state index contributed by atoms with van der Waals surface area (Å²) < 4.78 is 38.2. The van der Waals surface area contributed by atoms with Gasteiger partial charge in [-0.15, -0.1) is 0 Å². The van der Waals surface area contributed by atoms with Crippen LogP contribution >= 0.6 is 11.6 Å². The molecule has 20 heavy (non-hydrogen) atoms. The van der Waals surface area contributed by atoms with Gasteiger partial charge in [-0.1, -0.05) is 29.8 Å². The van der Waals surface area contributed by atoms with Crippen molar-refractivity contribution in [2.45, 2.75) is 6.18 Å². The predicted molar refractivity (Wildman–Crippen MR) is 68.8 cm³/mol. The van der Waals surface area contributed by atoms with Gasteiger partial charge >= 0.3 is 12.1 Å². The van der Waals surface area contributed by atoms with Crippen molar-refractivity contribution >= 4 is 17.6 Å². The molecule has 0 radical (unpaired) electrons. The van der Waals surface area contributed by atoms with Crippen molar-refractivity contribution in [3.8, 4) is 11.1 Å². The van der Waals surface area contributed by atoms with E-state index in [9.17, 15) is 18.0 Å². The van der Waals surface area contributed by atoms with Crippen molar-refractivity contribution in [1.82, 2.24) is 0 Å². The largest absolute Gasteiger partial charge is 0.478 e. The van der Waals surface area contributed by atoms with Crippen LogP contribution < -0.4 is 0 Å². The molecule has 2 nitrogen and oxygen atoms in total. The number of alkyl halides is 3. The summed E-state index contributed by atoms with van der Waals surface area (Å²) in [5, 5.41) is 9.28. The van der Waals surface area contributed by atoms with E-state index in [1.807, 2.05) is 0 Å². The third-order valence-corrected chi connectivity index (χ3v) is 3.07. The second-order valence-corrected chi connectivity index (χ2v) is 4.45. The van der Waals surface area contributed by atoms with Crippen molar-refractivity contribution in [3.05, 3.63) is 58.6 Å². The molecule has 0 saturated heterocycles. The highest BCUT2D eigenvalue weighted by atomic mass is 35.5. The van der Waals surface area contributed by atoms with Crippen LogP contribution in [0.15, 0.2) is 42.5 Å². The topological polar surface area (TPSA) is 37.3 Å². The van der Waals surface area contributed by atoms with Crippen LogP contribution in [0.2, 0.25) is 5.02 Å². The van der Waals surface area contributed by atoms with Crippen LogP contribution in [0, 0.1) is 0 Å². The Morgan fingerprint density at radius 1 is 1.05 bits per heavy atom. The monoisotopic (exact) mass is 300 g/mol. The van der Waals surface area contributed by atoms with Crippen molar-refractivity contribution in [2.75, 3.05) is 0 Å². The van der Waals surface area contributed by atoms with Gasteiger partial charge in [0.25, 0.3) is 0 Å². The molecular weight excluding hydrogens is 293 g/mol. The predicted octanol–water partition coefficient (Wildman–Crippen LogP) is 4.72. The number of carboxylic acids is 1. The zero-order chi connectivity index (χ0) is 14.9. The zero-order valence-corrected chi connectivity index (χ0v) is 10.7. The molecule has 0 bridgehead atoms. The molecule has 0 aromatic heterocycles. The number of carbonyl (C=O) groups is 1. The first-order valence-electron chi connectivity index (χ1n) is 5.50. The summed E-state index contributed by atoms with van der Waals surface area (Å²) in [6.07, 6.45) is -4.55. The first-order valence-corrected chi connectivity index (χ1v) is 5.88. The van der Waals surface area contributed by atoms with Crippen LogP contribution in [0.4, 0.5) is 13.2 Å². The summed E-state index contributed by atoms with van der Waals surface area (Å²) in [6.45, 7) is 0. The van der Waals surface area contributed by atoms with Gasteiger partial charge in [-0.05, 0) is 29.8 Å². The highest BCUT2D eigenvalue weighted by Crippen LogP contribution is 2.36. The fourth-order valence-corrected chi connectivity index (χ4v) is 2.05. The molecule has 0 amide bonds. The summed E-state index contributed by atoms with van der Waals surface area (Å²) >= 11 is 5.93. The fourth-order valence-electron chi connectivity index (χ4n) is 1.81. The second kappa shape index (κ2) is 5.17. The van der Waals surface area contributed by atoms with Crippen LogP contribution in [-0.2, 0) is 6.18 Å². The lowest BCUT2D eigenvalue weighted by Crippen LogP contribution is -2.08. The smallest absolute Gasteiger partial charge is 0.416 e. The number of benzene rings is 2. The fraction of sp³-hybridized carbons (Fsp3) is 0.0714. The summed E-state index contributed by atoms with van der Waals surface area (Å²) in [5.41, 5.74) is -0.959. The van der Waals surface area contributed by atoms with Gasteiger partial charge in [0.15, 0.2) is 0 Å². The van der Waals surface area contributed by atoms with E-state index >= 15 is 0 Å². The van der Waals surface area contributed by atoms with Gasteiger partial charge in [-0.25, -0.2) is 4.79 Å². The minimum atomic E-state index is -4.55. The molecule has 0 aliphatic rings. The molecule has 0 spiro atoms. The molecule has 0 saturated carbocycles. The van der Waals surface area contributed by atoms with E-state index < -0.39 is 17.7 Å². The van der Waals surface area contributed by atoms with Gasteiger partial charge in [0.05, 0.1) is 11.1 Å². The van der Waals surface area contributed by atoms with Crippen molar-refractivity contribution in [3.63, 3.8) is 0 Å². The average Bonchev–Trinajstić information content (AvgIpc) is 2.37. The Morgan fingerprint density at radius 2 is 1.70 bits per heavy atom. The van der Waals surface area contributed by atoms with E-state index in [0.717, 1.165) is 18.2 Å².